The highest BCUT2D eigenvalue weighted by Crippen LogP contribution is 1.93. The largest absolute Gasteiger partial charge is 0.370 e. The van der Waals surface area contributed by atoms with E-state index in [-0.39, 0.29) is 12.0 Å². The lowest BCUT2D eigenvalue weighted by atomic mass is 10.1. The van der Waals surface area contributed by atoms with Gasteiger partial charge in [0.2, 0.25) is 0 Å². The van der Waals surface area contributed by atoms with Crippen LogP contribution in [0.25, 0.3) is 0 Å². The molecule has 0 unspecified atom stereocenters. The molecule has 0 heterocycles. The van der Waals surface area contributed by atoms with Crippen LogP contribution in [-0.2, 0) is 0 Å². The molecule has 23 heavy (non-hydrogen) atoms. The lowest BCUT2D eigenvalue weighted by Crippen LogP contribution is -2.35. The summed E-state index contributed by atoms with van der Waals surface area (Å²) < 4.78 is 0. The molecular weight excluding hydrogens is 292 g/mol. The van der Waals surface area contributed by atoms with Crippen LogP contribution in [0.1, 0.15) is 32.1 Å². The van der Waals surface area contributed by atoms with Crippen molar-refractivity contribution in [1.82, 2.24) is 16.0 Å². The van der Waals surface area contributed by atoms with Gasteiger partial charge < -0.3 is 38.9 Å². The normalized spacial score (nSPS) is 12.3. The summed E-state index contributed by atoms with van der Waals surface area (Å²) in [7, 11) is 0. The van der Waals surface area contributed by atoms with Crippen LogP contribution in [-0.4, -0.2) is 64.4 Å². The summed E-state index contributed by atoms with van der Waals surface area (Å²) in [5.74, 6) is 0.149. The zero-order chi connectivity index (χ0) is 17.2. The molecule has 0 rings (SSSR count). The Morgan fingerprint density at radius 2 is 1.39 bits per heavy atom. The molecule has 0 saturated heterocycles. The average Bonchev–Trinajstić information content (AvgIpc) is 2.52. The third-order valence-corrected chi connectivity index (χ3v) is 3.41. The van der Waals surface area contributed by atoms with Crippen molar-refractivity contribution < 1.29 is 0 Å². The van der Waals surface area contributed by atoms with E-state index < -0.39 is 0 Å². The van der Waals surface area contributed by atoms with Crippen molar-refractivity contribution in [2.45, 2.75) is 38.1 Å². The summed E-state index contributed by atoms with van der Waals surface area (Å²) in [6.07, 6.45) is 5.16. The number of nitrogens with one attached hydrogen (secondary N) is 3. The molecule has 0 aliphatic heterocycles. The number of nitrogens with two attached hydrogens (primary N) is 4. The van der Waals surface area contributed by atoms with E-state index in [1.807, 2.05) is 0 Å². The summed E-state index contributed by atoms with van der Waals surface area (Å²) >= 11 is 0. The number of hydrogen-bond acceptors (Lipinski definition) is 6. The zero-order valence-electron chi connectivity index (χ0n) is 14.5. The van der Waals surface area contributed by atoms with Gasteiger partial charge in [0, 0.05) is 19.1 Å². The van der Waals surface area contributed by atoms with E-state index in [0.29, 0.717) is 6.54 Å². The predicted octanol–water partition coefficient (Wildman–Crippen LogP) is -1.73. The average molecular weight is 331 g/mol. The maximum atomic E-state index is 6.02. The van der Waals surface area contributed by atoms with Crippen LogP contribution < -0.4 is 38.9 Å². The van der Waals surface area contributed by atoms with Crippen LogP contribution in [0.2, 0.25) is 0 Å². The smallest absolute Gasteiger partial charge is 0.185 e. The van der Waals surface area contributed by atoms with Crippen LogP contribution in [0.3, 0.4) is 0 Å². The number of guanidine groups is 1. The van der Waals surface area contributed by atoms with Crippen LogP contribution in [0.15, 0.2) is 4.99 Å². The molecule has 8 heteroatoms. The van der Waals surface area contributed by atoms with E-state index in [0.717, 1.165) is 77.9 Å². The Kier molecular flexibility index (Phi) is 16.7. The van der Waals surface area contributed by atoms with Gasteiger partial charge >= 0.3 is 0 Å². The van der Waals surface area contributed by atoms with Crippen molar-refractivity contribution in [2.75, 3.05) is 52.4 Å². The fraction of sp³-hybridized carbons (Fsp3) is 0.933. The number of rotatable bonds is 17. The standard InChI is InChI=1S/C15H38N8/c16-6-2-7-20-8-3-9-21-10-4-11-22-13-14(17)5-1-12-23-15(18)19/h14,20-22H,1-13,16-17H2,(H4,18,19,23)/t14-/m0/s1. The number of hydrogen-bond donors (Lipinski definition) is 7. The van der Waals surface area contributed by atoms with Gasteiger partial charge in [0.25, 0.3) is 0 Å². The number of nitrogens with zero attached hydrogens (tertiary/aromatic N) is 1. The first-order chi connectivity index (χ1) is 11.2. The lowest BCUT2D eigenvalue weighted by molar-refractivity contribution is 0.514. The molecule has 0 fully saturated rings. The molecule has 0 aliphatic carbocycles. The second-order valence-corrected chi connectivity index (χ2v) is 5.76. The first kappa shape index (κ1) is 22.1. The number of aliphatic imine (C=N–C) groups is 1. The molecule has 0 aromatic heterocycles. The summed E-state index contributed by atoms with van der Waals surface area (Å²) in [4.78, 5) is 3.94. The van der Waals surface area contributed by atoms with Crippen molar-refractivity contribution in [3.05, 3.63) is 0 Å². The summed E-state index contributed by atoms with van der Waals surface area (Å²) in [5.41, 5.74) is 22.0. The summed E-state index contributed by atoms with van der Waals surface area (Å²) in [6, 6.07) is 0.164. The fourth-order valence-electron chi connectivity index (χ4n) is 2.10. The highest BCUT2D eigenvalue weighted by Gasteiger charge is 2.01. The van der Waals surface area contributed by atoms with Gasteiger partial charge in [-0.2, -0.15) is 0 Å². The Labute approximate surface area is 141 Å². The quantitative estimate of drug-likeness (QED) is 0.0949. The highest BCUT2D eigenvalue weighted by atomic mass is 15.0. The minimum Gasteiger partial charge on any atom is -0.370 e. The van der Waals surface area contributed by atoms with Crippen molar-refractivity contribution >= 4 is 5.96 Å². The van der Waals surface area contributed by atoms with Gasteiger partial charge in [-0.15, -0.1) is 0 Å². The third-order valence-electron chi connectivity index (χ3n) is 3.41. The minimum atomic E-state index is 0.149. The Morgan fingerprint density at radius 1 is 0.826 bits per heavy atom. The molecule has 8 nitrogen and oxygen atoms in total. The Hall–Kier alpha value is -0.930. The maximum Gasteiger partial charge on any atom is 0.185 e. The second-order valence-electron chi connectivity index (χ2n) is 5.76. The molecular formula is C15H38N8. The van der Waals surface area contributed by atoms with Crippen molar-refractivity contribution in [3.63, 3.8) is 0 Å². The molecule has 11 N–H and O–H groups in total. The second kappa shape index (κ2) is 17.4. The van der Waals surface area contributed by atoms with Gasteiger partial charge in [0.1, 0.15) is 0 Å². The first-order valence-electron chi connectivity index (χ1n) is 8.80. The van der Waals surface area contributed by atoms with Gasteiger partial charge in [-0.3, -0.25) is 4.99 Å². The highest BCUT2D eigenvalue weighted by molar-refractivity contribution is 5.75. The van der Waals surface area contributed by atoms with Crippen LogP contribution in [0.4, 0.5) is 0 Å². The Morgan fingerprint density at radius 3 is 1.96 bits per heavy atom. The minimum absolute atomic E-state index is 0.149. The fourth-order valence-corrected chi connectivity index (χ4v) is 2.10. The van der Waals surface area contributed by atoms with Crippen LogP contribution in [0, 0.1) is 0 Å². The van der Waals surface area contributed by atoms with E-state index in [2.05, 4.69) is 20.9 Å². The molecule has 1 atom stereocenters. The molecule has 0 saturated carbocycles. The Balaban J connectivity index is 3.16. The van der Waals surface area contributed by atoms with Gasteiger partial charge in [0.15, 0.2) is 5.96 Å². The molecule has 0 bridgehead atoms. The molecule has 0 aliphatic rings. The van der Waals surface area contributed by atoms with Gasteiger partial charge in [-0.05, 0) is 71.4 Å². The monoisotopic (exact) mass is 330 g/mol. The van der Waals surface area contributed by atoms with E-state index >= 15 is 0 Å². The summed E-state index contributed by atoms with van der Waals surface area (Å²) in [6.45, 7) is 7.41. The Bertz CT molecular complexity index is 268. The van der Waals surface area contributed by atoms with Gasteiger partial charge in [-0.25, -0.2) is 0 Å². The molecule has 0 aromatic carbocycles. The lowest BCUT2D eigenvalue weighted by Gasteiger charge is -2.12. The van der Waals surface area contributed by atoms with E-state index in [9.17, 15) is 0 Å². The van der Waals surface area contributed by atoms with Gasteiger partial charge in [-0.1, -0.05) is 0 Å². The van der Waals surface area contributed by atoms with E-state index in [1.165, 1.54) is 0 Å². The third kappa shape index (κ3) is 19.0. The maximum absolute atomic E-state index is 6.02. The molecule has 138 valence electrons. The molecule has 0 radical (unpaired) electrons. The molecule has 0 spiro atoms. The van der Waals surface area contributed by atoms with Crippen molar-refractivity contribution in [1.29, 1.82) is 0 Å². The van der Waals surface area contributed by atoms with Crippen molar-refractivity contribution in [2.24, 2.45) is 27.9 Å². The van der Waals surface area contributed by atoms with Crippen LogP contribution in [0.5, 0.6) is 0 Å². The molecule has 0 aromatic rings. The predicted molar refractivity (Wildman–Crippen MR) is 99.4 cm³/mol. The topological polar surface area (TPSA) is 153 Å². The SMILES string of the molecule is NCCCNCCCNCCCNC[C@@H](N)CCCN=C(N)N. The van der Waals surface area contributed by atoms with Crippen LogP contribution >= 0.6 is 0 Å². The van der Waals surface area contributed by atoms with E-state index in [4.69, 9.17) is 22.9 Å². The first-order valence-corrected chi connectivity index (χ1v) is 8.80. The summed E-state index contributed by atoms with van der Waals surface area (Å²) in [5, 5.41) is 10.2. The van der Waals surface area contributed by atoms with Gasteiger partial charge in [0.05, 0.1) is 0 Å². The van der Waals surface area contributed by atoms with E-state index in [1.54, 1.807) is 0 Å². The zero-order valence-corrected chi connectivity index (χ0v) is 14.5. The molecule has 0 amide bonds. The van der Waals surface area contributed by atoms with Crippen molar-refractivity contribution in [3.8, 4) is 0 Å².